The summed E-state index contributed by atoms with van der Waals surface area (Å²) in [6.07, 6.45) is 3.76. The molecule has 25 heavy (non-hydrogen) atoms. The molecule has 0 saturated carbocycles. The number of aryl methyl sites for hydroxylation is 1. The molecule has 0 radical (unpaired) electrons. The number of carbonyl (C=O) groups excluding carboxylic acids is 2. The summed E-state index contributed by atoms with van der Waals surface area (Å²) in [5, 5.41) is 2.85. The number of primary amides is 1. The highest BCUT2D eigenvalue weighted by Gasteiger charge is 2.05. The predicted octanol–water partition coefficient (Wildman–Crippen LogP) is 3.07. The number of anilines is 1. The van der Waals surface area contributed by atoms with Crippen LogP contribution in [0.5, 0.6) is 5.75 Å². The minimum atomic E-state index is -0.530. The number of ether oxygens (including phenoxy) is 1. The van der Waals surface area contributed by atoms with E-state index >= 15 is 0 Å². The quantitative estimate of drug-likeness (QED) is 0.736. The second kappa shape index (κ2) is 9.47. The second-order valence-electron chi connectivity index (χ2n) is 5.92. The third kappa shape index (κ3) is 6.67. The number of nitrogens with one attached hydrogen (secondary N) is 1. The zero-order chi connectivity index (χ0) is 18.1. The van der Waals surface area contributed by atoms with Crippen molar-refractivity contribution in [1.29, 1.82) is 0 Å². The molecule has 2 aromatic rings. The summed E-state index contributed by atoms with van der Waals surface area (Å²) in [6.45, 7) is 2.01. The van der Waals surface area contributed by atoms with Crippen LogP contribution in [0.1, 0.15) is 30.9 Å². The molecular weight excluding hydrogens is 316 g/mol. The summed E-state index contributed by atoms with van der Waals surface area (Å²) < 4.78 is 5.17. The van der Waals surface area contributed by atoms with E-state index in [4.69, 9.17) is 10.5 Å². The maximum Gasteiger partial charge on any atom is 0.255 e. The molecule has 5 heteroatoms. The Morgan fingerprint density at radius 3 is 2.24 bits per heavy atom. The van der Waals surface area contributed by atoms with Gasteiger partial charge in [0.25, 0.3) is 5.91 Å². The molecule has 5 nitrogen and oxygen atoms in total. The van der Waals surface area contributed by atoms with Crippen LogP contribution in [0.25, 0.3) is 0 Å². The Hall–Kier alpha value is -2.82. The maximum absolute atomic E-state index is 12.1. The molecular formula is C20H24N2O3. The van der Waals surface area contributed by atoms with Gasteiger partial charge in [-0.3, -0.25) is 9.59 Å². The molecule has 0 atom stereocenters. The van der Waals surface area contributed by atoms with Gasteiger partial charge in [-0.15, -0.1) is 0 Å². The number of benzene rings is 2. The number of unbranched alkanes of at least 4 members (excludes halogenated alkanes) is 1. The summed E-state index contributed by atoms with van der Waals surface area (Å²) in [5.41, 5.74) is 7.99. The number of rotatable bonds is 9. The highest BCUT2D eigenvalue weighted by molar-refractivity contribution is 5.92. The van der Waals surface area contributed by atoms with Crippen LogP contribution in [0.15, 0.2) is 48.5 Å². The summed E-state index contributed by atoms with van der Waals surface area (Å²) >= 11 is 0. The van der Waals surface area contributed by atoms with Gasteiger partial charge in [-0.2, -0.15) is 0 Å². The normalized spacial score (nSPS) is 10.3. The number of amides is 2. The molecule has 0 bridgehead atoms. The monoisotopic (exact) mass is 340 g/mol. The summed E-state index contributed by atoms with van der Waals surface area (Å²) in [5.74, 6) is -0.0790. The SMILES string of the molecule is CCCCc1ccc(CC(=O)Nc2ccc(OCC(N)=O)cc2)cc1. The average molecular weight is 340 g/mol. The van der Waals surface area contributed by atoms with Crippen molar-refractivity contribution in [2.45, 2.75) is 32.6 Å². The minimum absolute atomic E-state index is 0.0767. The smallest absolute Gasteiger partial charge is 0.255 e. The van der Waals surface area contributed by atoms with Crippen molar-refractivity contribution in [3.8, 4) is 5.75 Å². The van der Waals surface area contributed by atoms with Gasteiger partial charge < -0.3 is 15.8 Å². The number of hydrogen-bond donors (Lipinski definition) is 2. The topological polar surface area (TPSA) is 81.4 Å². The van der Waals surface area contributed by atoms with Crippen molar-refractivity contribution < 1.29 is 14.3 Å². The van der Waals surface area contributed by atoms with E-state index in [0.717, 1.165) is 12.0 Å². The third-order valence-corrected chi connectivity index (χ3v) is 3.73. The van der Waals surface area contributed by atoms with E-state index in [1.54, 1.807) is 24.3 Å². The lowest BCUT2D eigenvalue weighted by Crippen LogP contribution is -2.20. The average Bonchev–Trinajstić information content (AvgIpc) is 2.60. The Labute approximate surface area is 148 Å². The lowest BCUT2D eigenvalue weighted by molar-refractivity contribution is -0.120. The van der Waals surface area contributed by atoms with E-state index in [2.05, 4.69) is 24.4 Å². The predicted molar refractivity (Wildman–Crippen MR) is 98.5 cm³/mol. The van der Waals surface area contributed by atoms with E-state index in [-0.39, 0.29) is 12.5 Å². The van der Waals surface area contributed by atoms with Crippen LogP contribution in [0, 0.1) is 0 Å². The lowest BCUT2D eigenvalue weighted by atomic mass is 10.0. The van der Waals surface area contributed by atoms with Crippen molar-refractivity contribution in [1.82, 2.24) is 0 Å². The van der Waals surface area contributed by atoms with Crippen LogP contribution in [0.3, 0.4) is 0 Å². The summed E-state index contributed by atoms with van der Waals surface area (Å²) in [6, 6.07) is 15.0. The van der Waals surface area contributed by atoms with E-state index in [0.29, 0.717) is 17.9 Å². The van der Waals surface area contributed by atoms with E-state index < -0.39 is 5.91 Å². The second-order valence-corrected chi connectivity index (χ2v) is 5.92. The van der Waals surface area contributed by atoms with Crippen LogP contribution in [-0.4, -0.2) is 18.4 Å². The molecule has 0 aromatic heterocycles. The zero-order valence-electron chi connectivity index (χ0n) is 14.5. The van der Waals surface area contributed by atoms with Gasteiger partial charge in [-0.25, -0.2) is 0 Å². The van der Waals surface area contributed by atoms with E-state index in [1.807, 2.05) is 12.1 Å². The Bertz CT molecular complexity index is 694. The molecule has 0 unspecified atom stereocenters. The fraction of sp³-hybridized carbons (Fsp3) is 0.300. The molecule has 0 saturated heterocycles. The lowest BCUT2D eigenvalue weighted by Gasteiger charge is -2.08. The molecule has 0 aliphatic rings. The molecule has 2 rings (SSSR count). The third-order valence-electron chi connectivity index (χ3n) is 3.73. The van der Waals surface area contributed by atoms with Crippen molar-refractivity contribution in [3.05, 3.63) is 59.7 Å². The highest BCUT2D eigenvalue weighted by atomic mass is 16.5. The molecule has 0 spiro atoms. The number of hydrogen-bond acceptors (Lipinski definition) is 3. The largest absolute Gasteiger partial charge is 0.484 e. The summed E-state index contributed by atoms with van der Waals surface area (Å²) in [4.78, 5) is 22.8. The van der Waals surface area contributed by atoms with E-state index in [9.17, 15) is 9.59 Å². The highest BCUT2D eigenvalue weighted by Crippen LogP contribution is 2.16. The van der Waals surface area contributed by atoms with Crippen LogP contribution in [0.4, 0.5) is 5.69 Å². The first-order valence-corrected chi connectivity index (χ1v) is 8.45. The van der Waals surface area contributed by atoms with Crippen LogP contribution >= 0.6 is 0 Å². The Balaban J connectivity index is 1.84. The van der Waals surface area contributed by atoms with Gasteiger partial charge in [0.2, 0.25) is 5.91 Å². The summed E-state index contributed by atoms with van der Waals surface area (Å²) in [7, 11) is 0. The fourth-order valence-electron chi connectivity index (χ4n) is 2.38. The Kier molecular flexibility index (Phi) is 7.01. The molecule has 132 valence electrons. The molecule has 2 amide bonds. The van der Waals surface area contributed by atoms with Gasteiger partial charge in [0.15, 0.2) is 6.61 Å². The van der Waals surface area contributed by atoms with E-state index in [1.165, 1.54) is 18.4 Å². The van der Waals surface area contributed by atoms with Crippen molar-refractivity contribution in [3.63, 3.8) is 0 Å². The molecule has 0 aliphatic carbocycles. The number of carbonyl (C=O) groups is 2. The van der Waals surface area contributed by atoms with Crippen molar-refractivity contribution >= 4 is 17.5 Å². The zero-order valence-corrected chi connectivity index (χ0v) is 14.5. The van der Waals surface area contributed by atoms with Gasteiger partial charge in [-0.1, -0.05) is 37.6 Å². The van der Waals surface area contributed by atoms with Gasteiger partial charge in [0, 0.05) is 5.69 Å². The van der Waals surface area contributed by atoms with Gasteiger partial charge in [-0.05, 0) is 48.2 Å². The molecule has 0 fully saturated rings. The standard InChI is InChI=1S/C20H24N2O3/c1-2-3-4-15-5-7-16(8-6-15)13-20(24)22-17-9-11-18(12-10-17)25-14-19(21)23/h5-12H,2-4,13-14H2,1H3,(H2,21,23)(H,22,24). The Morgan fingerprint density at radius 2 is 1.64 bits per heavy atom. The maximum atomic E-state index is 12.1. The molecule has 3 N–H and O–H groups in total. The fourth-order valence-corrected chi connectivity index (χ4v) is 2.38. The molecule has 2 aromatic carbocycles. The van der Waals surface area contributed by atoms with Crippen molar-refractivity contribution in [2.75, 3.05) is 11.9 Å². The molecule has 0 aliphatic heterocycles. The van der Waals surface area contributed by atoms with Gasteiger partial charge >= 0.3 is 0 Å². The minimum Gasteiger partial charge on any atom is -0.484 e. The molecule has 0 heterocycles. The van der Waals surface area contributed by atoms with Gasteiger partial charge in [0.05, 0.1) is 6.42 Å². The number of nitrogens with two attached hydrogens (primary N) is 1. The van der Waals surface area contributed by atoms with Gasteiger partial charge in [0.1, 0.15) is 5.75 Å². The van der Waals surface area contributed by atoms with Crippen molar-refractivity contribution in [2.24, 2.45) is 5.73 Å². The van der Waals surface area contributed by atoms with Crippen LogP contribution < -0.4 is 15.8 Å². The Morgan fingerprint density at radius 1 is 1.00 bits per heavy atom. The van der Waals surface area contributed by atoms with Crippen LogP contribution in [-0.2, 0) is 22.4 Å². The van der Waals surface area contributed by atoms with Crippen LogP contribution in [0.2, 0.25) is 0 Å². The first-order valence-electron chi connectivity index (χ1n) is 8.45. The first-order chi connectivity index (χ1) is 12.1. The first kappa shape index (κ1) is 18.5.